The number of piperidine rings is 1. The SMILES string of the molecule is CC1(C)CC(O)(C2(N)CCCNC2)C1. The molecule has 1 heterocycles. The summed E-state index contributed by atoms with van der Waals surface area (Å²) < 4.78 is 0. The average molecular weight is 198 g/mol. The van der Waals surface area contributed by atoms with Gasteiger partial charge >= 0.3 is 0 Å². The highest BCUT2D eigenvalue weighted by molar-refractivity contribution is 5.15. The zero-order valence-corrected chi connectivity index (χ0v) is 9.27. The van der Waals surface area contributed by atoms with Crippen LogP contribution in [-0.4, -0.2) is 29.3 Å². The quantitative estimate of drug-likeness (QED) is 0.579. The van der Waals surface area contributed by atoms with Crippen molar-refractivity contribution in [3.8, 4) is 0 Å². The second-order valence-electron chi connectivity index (χ2n) is 5.99. The van der Waals surface area contributed by atoms with Crippen LogP contribution in [0.2, 0.25) is 0 Å². The number of hydrogen-bond donors (Lipinski definition) is 3. The second-order valence-corrected chi connectivity index (χ2v) is 5.99. The average Bonchev–Trinajstić information content (AvgIpc) is 2.01. The maximum atomic E-state index is 10.5. The molecular formula is C11H22N2O. The first-order chi connectivity index (χ1) is 6.37. The van der Waals surface area contributed by atoms with Crippen molar-refractivity contribution < 1.29 is 5.11 Å². The van der Waals surface area contributed by atoms with E-state index in [1.807, 2.05) is 0 Å². The van der Waals surface area contributed by atoms with Gasteiger partial charge < -0.3 is 16.2 Å². The Hall–Kier alpha value is -0.120. The standard InChI is InChI=1S/C11H22N2O/c1-9(2)6-11(14,7-9)10(12)4-3-5-13-8-10/h13-14H,3-8,12H2,1-2H3. The van der Waals surface area contributed by atoms with Gasteiger partial charge in [0.15, 0.2) is 0 Å². The van der Waals surface area contributed by atoms with Gasteiger partial charge in [-0.25, -0.2) is 0 Å². The molecular weight excluding hydrogens is 176 g/mol. The molecule has 1 saturated heterocycles. The van der Waals surface area contributed by atoms with E-state index in [2.05, 4.69) is 19.2 Å². The number of rotatable bonds is 1. The molecule has 2 aliphatic rings. The predicted octanol–water partition coefficient (Wildman–Crippen LogP) is 0.618. The Balaban J connectivity index is 2.07. The minimum Gasteiger partial charge on any atom is -0.388 e. The van der Waals surface area contributed by atoms with Crippen LogP contribution in [0.4, 0.5) is 0 Å². The van der Waals surface area contributed by atoms with Crippen molar-refractivity contribution in [2.45, 2.75) is 50.7 Å². The van der Waals surface area contributed by atoms with Crippen LogP contribution in [0.5, 0.6) is 0 Å². The molecule has 0 radical (unpaired) electrons. The first-order valence-corrected chi connectivity index (χ1v) is 5.59. The third-order valence-corrected chi connectivity index (χ3v) is 3.89. The van der Waals surface area contributed by atoms with E-state index in [0.717, 1.165) is 38.8 Å². The highest BCUT2D eigenvalue weighted by Gasteiger charge is 2.58. The summed E-state index contributed by atoms with van der Waals surface area (Å²) in [6.45, 7) is 6.19. The molecule has 2 rings (SSSR count). The first kappa shape index (κ1) is 10.4. The molecule has 14 heavy (non-hydrogen) atoms. The minimum atomic E-state index is -0.621. The van der Waals surface area contributed by atoms with Gasteiger partial charge in [-0.15, -0.1) is 0 Å². The van der Waals surface area contributed by atoms with E-state index in [1.54, 1.807) is 0 Å². The van der Waals surface area contributed by atoms with Crippen molar-refractivity contribution in [2.75, 3.05) is 13.1 Å². The molecule has 0 bridgehead atoms. The van der Waals surface area contributed by atoms with E-state index in [0.29, 0.717) is 0 Å². The molecule has 0 aromatic rings. The van der Waals surface area contributed by atoms with Gasteiger partial charge in [0.1, 0.15) is 0 Å². The molecule has 3 nitrogen and oxygen atoms in total. The first-order valence-electron chi connectivity index (χ1n) is 5.59. The zero-order chi connectivity index (χ0) is 10.4. The highest BCUT2D eigenvalue weighted by atomic mass is 16.3. The number of nitrogens with two attached hydrogens (primary N) is 1. The van der Waals surface area contributed by atoms with Gasteiger partial charge in [0.05, 0.1) is 11.1 Å². The fourth-order valence-electron chi connectivity index (χ4n) is 3.21. The molecule has 0 aromatic heterocycles. The van der Waals surface area contributed by atoms with Crippen molar-refractivity contribution in [2.24, 2.45) is 11.1 Å². The summed E-state index contributed by atoms with van der Waals surface area (Å²) in [6, 6.07) is 0. The fraction of sp³-hybridized carbons (Fsp3) is 1.00. The van der Waals surface area contributed by atoms with Crippen LogP contribution in [-0.2, 0) is 0 Å². The van der Waals surface area contributed by atoms with Crippen molar-refractivity contribution in [3.05, 3.63) is 0 Å². The van der Waals surface area contributed by atoms with Gasteiger partial charge in [0.2, 0.25) is 0 Å². The molecule has 1 atom stereocenters. The molecule has 0 spiro atoms. The summed E-state index contributed by atoms with van der Waals surface area (Å²) in [5.41, 5.74) is 5.57. The van der Waals surface area contributed by atoms with Crippen LogP contribution in [0.3, 0.4) is 0 Å². The molecule has 2 fully saturated rings. The zero-order valence-electron chi connectivity index (χ0n) is 9.27. The Morgan fingerprint density at radius 3 is 2.36 bits per heavy atom. The smallest absolute Gasteiger partial charge is 0.0849 e. The van der Waals surface area contributed by atoms with Gasteiger partial charge in [0, 0.05) is 6.54 Å². The molecule has 82 valence electrons. The molecule has 4 N–H and O–H groups in total. The Bertz CT molecular complexity index is 223. The van der Waals surface area contributed by atoms with Gasteiger partial charge in [-0.2, -0.15) is 0 Å². The molecule has 3 heteroatoms. The summed E-state index contributed by atoms with van der Waals surface area (Å²) >= 11 is 0. The lowest BCUT2D eigenvalue weighted by atomic mass is 9.53. The normalized spacial score (nSPS) is 40.3. The van der Waals surface area contributed by atoms with E-state index < -0.39 is 5.60 Å². The summed E-state index contributed by atoms with van der Waals surface area (Å²) in [5.74, 6) is 0. The van der Waals surface area contributed by atoms with Crippen LogP contribution in [0.25, 0.3) is 0 Å². The fourth-order valence-corrected chi connectivity index (χ4v) is 3.21. The van der Waals surface area contributed by atoms with Crippen molar-refractivity contribution in [1.82, 2.24) is 5.32 Å². The molecule has 0 aromatic carbocycles. The van der Waals surface area contributed by atoms with E-state index in [-0.39, 0.29) is 11.0 Å². The Morgan fingerprint density at radius 1 is 1.29 bits per heavy atom. The Morgan fingerprint density at radius 2 is 1.93 bits per heavy atom. The van der Waals surface area contributed by atoms with Crippen LogP contribution in [0.15, 0.2) is 0 Å². The number of hydrogen-bond acceptors (Lipinski definition) is 3. The van der Waals surface area contributed by atoms with E-state index in [1.165, 1.54) is 0 Å². The van der Waals surface area contributed by atoms with Gasteiger partial charge in [-0.3, -0.25) is 0 Å². The van der Waals surface area contributed by atoms with Crippen molar-refractivity contribution in [3.63, 3.8) is 0 Å². The summed E-state index contributed by atoms with van der Waals surface area (Å²) in [7, 11) is 0. The molecule has 1 unspecified atom stereocenters. The maximum absolute atomic E-state index is 10.5. The topological polar surface area (TPSA) is 58.3 Å². The summed E-state index contributed by atoms with van der Waals surface area (Å²) in [4.78, 5) is 0. The van der Waals surface area contributed by atoms with Crippen molar-refractivity contribution in [1.29, 1.82) is 0 Å². The monoisotopic (exact) mass is 198 g/mol. The molecule has 1 aliphatic heterocycles. The van der Waals surface area contributed by atoms with Gasteiger partial charge in [0.25, 0.3) is 0 Å². The van der Waals surface area contributed by atoms with E-state index >= 15 is 0 Å². The lowest BCUT2D eigenvalue weighted by molar-refractivity contribution is -0.165. The lowest BCUT2D eigenvalue weighted by Crippen LogP contribution is -2.73. The number of nitrogens with one attached hydrogen (secondary N) is 1. The summed E-state index contributed by atoms with van der Waals surface area (Å²) in [5, 5.41) is 13.8. The Labute approximate surface area is 86.1 Å². The second kappa shape index (κ2) is 2.94. The lowest BCUT2D eigenvalue weighted by Gasteiger charge is -2.59. The van der Waals surface area contributed by atoms with Crippen LogP contribution in [0.1, 0.15) is 39.5 Å². The third-order valence-electron chi connectivity index (χ3n) is 3.89. The van der Waals surface area contributed by atoms with Crippen LogP contribution < -0.4 is 11.1 Å². The van der Waals surface area contributed by atoms with Gasteiger partial charge in [-0.05, 0) is 37.6 Å². The Kier molecular flexibility index (Phi) is 2.18. The van der Waals surface area contributed by atoms with E-state index in [9.17, 15) is 5.11 Å². The third kappa shape index (κ3) is 1.47. The predicted molar refractivity (Wildman–Crippen MR) is 57.0 cm³/mol. The maximum Gasteiger partial charge on any atom is 0.0849 e. The van der Waals surface area contributed by atoms with Crippen molar-refractivity contribution >= 4 is 0 Å². The molecule has 0 amide bonds. The molecule has 1 aliphatic carbocycles. The summed E-state index contributed by atoms with van der Waals surface area (Å²) in [6.07, 6.45) is 3.72. The van der Waals surface area contributed by atoms with Crippen LogP contribution in [0, 0.1) is 5.41 Å². The largest absolute Gasteiger partial charge is 0.388 e. The number of aliphatic hydroxyl groups is 1. The van der Waals surface area contributed by atoms with E-state index in [4.69, 9.17) is 5.73 Å². The highest BCUT2D eigenvalue weighted by Crippen LogP contribution is 2.53. The van der Waals surface area contributed by atoms with Crippen LogP contribution >= 0.6 is 0 Å². The minimum absolute atomic E-state index is 0.276. The molecule has 1 saturated carbocycles. The van der Waals surface area contributed by atoms with Gasteiger partial charge in [-0.1, -0.05) is 13.8 Å².